The number of hydrogen-bond donors (Lipinski definition) is 3. The Morgan fingerprint density at radius 3 is 2.63 bits per heavy atom. The average Bonchev–Trinajstić information content (AvgIpc) is 2.78. The number of carbonyl (C=O) groups excluding carboxylic acids is 1. The van der Waals surface area contributed by atoms with Gasteiger partial charge < -0.3 is 16.4 Å². The number of carbonyl (C=O) groups is 1. The first-order valence-electron chi connectivity index (χ1n) is 6.48. The molecule has 0 radical (unpaired) electrons. The van der Waals surface area contributed by atoms with Crippen molar-refractivity contribution in [2.24, 2.45) is 5.73 Å². The number of nitrogens with two attached hydrogens (primary N) is 1. The van der Waals surface area contributed by atoms with Crippen LogP contribution in [0.2, 0.25) is 0 Å². The van der Waals surface area contributed by atoms with E-state index in [2.05, 4.69) is 10.6 Å². The minimum absolute atomic E-state index is 0.250. The van der Waals surface area contributed by atoms with Crippen LogP contribution in [0, 0.1) is 6.92 Å². The second-order valence-electron chi connectivity index (χ2n) is 5.10. The second-order valence-corrected chi connectivity index (χ2v) is 5.54. The number of aryl methyl sites for hydroxylation is 1. The largest absolute Gasteiger partial charge is 0.391 e. The Morgan fingerprint density at radius 1 is 1.37 bits per heavy atom. The Balaban J connectivity index is 2.02. The van der Waals surface area contributed by atoms with Crippen molar-refractivity contribution in [1.82, 2.24) is 5.32 Å². The summed E-state index contributed by atoms with van der Waals surface area (Å²) in [5, 5.41) is 5.77. The molecule has 19 heavy (non-hydrogen) atoms. The van der Waals surface area contributed by atoms with E-state index in [0.29, 0.717) is 4.99 Å². The van der Waals surface area contributed by atoms with Gasteiger partial charge >= 0.3 is 6.03 Å². The van der Waals surface area contributed by atoms with E-state index < -0.39 is 5.54 Å². The summed E-state index contributed by atoms with van der Waals surface area (Å²) < 4.78 is 0. The Kier molecular flexibility index (Phi) is 4.04. The van der Waals surface area contributed by atoms with Gasteiger partial charge in [0, 0.05) is 5.69 Å². The fourth-order valence-corrected chi connectivity index (χ4v) is 2.77. The van der Waals surface area contributed by atoms with Gasteiger partial charge in [0.15, 0.2) is 0 Å². The number of urea groups is 1. The van der Waals surface area contributed by atoms with Crippen LogP contribution in [0.1, 0.15) is 31.2 Å². The number of nitrogens with one attached hydrogen (secondary N) is 2. The molecular weight excluding hydrogens is 258 g/mol. The molecule has 0 spiro atoms. The highest BCUT2D eigenvalue weighted by Crippen LogP contribution is 2.30. The molecule has 2 amide bonds. The van der Waals surface area contributed by atoms with E-state index in [1.807, 2.05) is 31.2 Å². The van der Waals surface area contributed by atoms with Crippen molar-refractivity contribution in [1.29, 1.82) is 0 Å². The molecule has 1 aliphatic carbocycles. The fraction of sp³-hybridized carbons (Fsp3) is 0.429. The minimum Gasteiger partial charge on any atom is -0.391 e. The third-order valence-electron chi connectivity index (χ3n) is 3.56. The van der Waals surface area contributed by atoms with E-state index in [1.54, 1.807) is 0 Å². The zero-order valence-corrected chi connectivity index (χ0v) is 11.8. The summed E-state index contributed by atoms with van der Waals surface area (Å²) in [6.07, 6.45) is 3.73. The molecule has 4 nitrogen and oxygen atoms in total. The maximum Gasteiger partial charge on any atom is 0.320 e. The Hall–Kier alpha value is -1.62. The smallest absolute Gasteiger partial charge is 0.320 e. The number of rotatable bonds is 3. The monoisotopic (exact) mass is 277 g/mol. The molecule has 102 valence electrons. The van der Waals surface area contributed by atoms with Crippen LogP contribution in [0.25, 0.3) is 0 Å². The zero-order chi connectivity index (χ0) is 13.9. The third-order valence-corrected chi connectivity index (χ3v) is 3.95. The standard InChI is InChI=1S/C14H19N3OS/c1-10-5-4-6-11(9-10)16-13(18)17-14(12(15)19)7-2-3-8-14/h4-6,9H,2-3,7-8H2,1H3,(H2,15,19)(H2,16,17,18). The maximum absolute atomic E-state index is 12.1. The van der Waals surface area contributed by atoms with Gasteiger partial charge in [-0.25, -0.2) is 4.79 Å². The molecule has 1 aromatic rings. The first-order valence-corrected chi connectivity index (χ1v) is 6.88. The van der Waals surface area contributed by atoms with Crippen molar-refractivity contribution in [3.8, 4) is 0 Å². The van der Waals surface area contributed by atoms with E-state index >= 15 is 0 Å². The molecule has 2 rings (SSSR count). The molecule has 1 saturated carbocycles. The molecule has 0 bridgehead atoms. The van der Waals surface area contributed by atoms with Gasteiger partial charge in [-0.15, -0.1) is 0 Å². The molecule has 5 heteroatoms. The molecule has 0 atom stereocenters. The van der Waals surface area contributed by atoms with Crippen molar-refractivity contribution >= 4 is 28.9 Å². The number of hydrogen-bond acceptors (Lipinski definition) is 2. The van der Waals surface area contributed by atoms with Crippen LogP contribution < -0.4 is 16.4 Å². The lowest BCUT2D eigenvalue weighted by molar-refractivity contribution is 0.245. The molecule has 1 aliphatic rings. The van der Waals surface area contributed by atoms with Crippen LogP contribution in [0.5, 0.6) is 0 Å². The maximum atomic E-state index is 12.1. The number of thiocarbonyl (C=S) groups is 1. The predicted octanol–water partition coefficient (Wildman–Crippen LogP) is 2.72. The first-order chi connectivity index (χ1) is 9.02. The summed E-state index contributed by atoms with van der Waals surface area (Å²) in [5.41, 5.74) is 7.15. The zero-order valence-electron chi connectivity index (χ0n) is 11.0. The summed E-state index contributed by atoms with van der Waals surface area (Å²) in [5.74, 6) is 0. The van der Waals surface area contributed by atoms with E-state index in [-0.39, 0.29) is 6.03 Å². The van der Waals surface area contributed by atoms with Gasteiger partial charge in [0.05, 0.1) is 10.5 Å². The third kappa shape index (κ3) is 3.23. The highest BCUT2D eigenvalue weighted by Gasteiger charge is 2.38. The Bertz CT molecular complexity index is 495. The summed E-state index contributed by atoms with van der Waals surface area (Å²) in [7, 11) is 0. The minimum atomic E-state index is -0.511. The molecule has 0 aromatic heterocycles. The van der Waals surface area contributed by atoms with E-state index in [0.717, 1.165) is 36.9 Å². The van der Waals surface area contributed by atoms with Gasteiger partial charge in [0.2, 0.25) is 0 Å². The molecule has 4 N–H and O–H groups in total. The van der Waals surface area contributed by atoms with Crippen LogP contribution in [0.15, 0.2) is 24.3 Å². The van der Waals surface area contributed by atoms with Gasteiger partial charge in [0.1, 0.15) is 0 Å². The normalized spacial score (nSPS) is 16.9. The molecule has 0 unspecified atom stereocenters. The van der Waals surface area contributed by atoms with Gasteiger partial charge in [-0.05, 0) is 37.5 Å². The second kappa shape index (κ2) is 5.57. The molecule has 1 fully saturated rings. The van der Waals surface area contributed by atoms with E-state index in [1.165, 1.54) is 0 Å². The van der Waals surface area contributed by atoms with Crippen molar-refractivity contribution < 1.29 is 4.79 Å². The molecule has 0 heterocycles. The van der Waals surface area contributed by atoms with Crippen LogP contribution >= 0.6 is 12.2 Å². The predicted molar refractivity (Wildman–Crippen MR) is 81.3 cm³/mol. The lowest BCUT2D eigenvalue weighted by atomic mass is 9.98. The van der Waals surface area contributed by atoms with Crippen molar-refractivity contribution in [3.63, 3.8) is 0 Å². The fourth-order valence-electron chi connectivity index (χ4n) is 2.51. The van der Waals surface area contributed by atoms with Crippen LogP contribution in [-0.4, -0.2) is 16.6 Å². The molecule has 0 aliphatic heterocycles. The summed E-state index contributed by atoms with van der Waals surface area (Å²) >= 11 is 5.11. The Morgan fingerprint density at radius 2 is 2.05 bits per heavy atom. The number of amides is 2. The number of benzene rings is 1. The Labute approximate surface area is 118 Å². The SMILES string of the molecule is Cc1cccc(NC(=O)NC2(C(N)=S)CCCC2)c1. The van der Waals surface area contributed by atoms with Gasteiger partial charge in [-0.1, -0.05) is 37.2 Å². The summed E-state index contributed by atoms with van der Waals surface area (Å²) in [6.45, 7) is 1.98. The first kappa shape index (κ1) is 13.8. The molecule has 0 saturated heterocycles. The average molecular weight is 277 g/mol. The van der Waals surface area contributed by atoms with Crippen LogP contribution in [0.4, 0.5) is 10.5 Å². The topological polar surface area (TPSA) is 67.2 Å². The van der Waals surface area contributed by atoms with Crippen molar-refractivity contribution in [2.45, 2.75) is 38.1 Å². The van der Waals surface area contributed by atoms with Crippen molar-refractivity contribution in [3.05, 3.63) is 29.8 Å². The van der Waals surface area contributed by atoms with Gasteiger partial charge in [-0.3, -0.25) is 0 Å². The van der Waals surface area contributed by atoms with Gasteiger partial charge in [-0.2, -0.15) is 0 Å². The molecule has 1 aromatic carbocycles. The lowest BCUT2D eigenvalue weighted by Gasteiger charge is -2.29. The highest BCUT2D eigenvalue weighted by atomic mass is 32.1. The summed E-state index contributed by atoms with van der Waals surface area (Å²) in [4.78, 5) is 12.4. The summed E-state index contributed by atoms with van der Waals surface area (Å²) in [6, 6.07) is 7.41. The highest BCUT2D eigenvalue weighted by molar-refractivity contribution is 7.80. The van der Waals surface area contributed by atoms with Gasteiger partial charge in [0.25, 0.3) is 0 Å². The molecular formula is C14H19N3OS. The lowest BCUT2D eigenvalue weighted by Crippen LogP contribution is -2.55. The number of anilines is 1. The van der Waals surface area contributed by atoms with E-state index in [4.69, 9.17) is 18.0 Å². The van der Waals surface area contributed by atoms with Crippen LogP contribution in [-0.2, 0) is 0 Å². The van der Waals surface area contributed by atoms with Crippen LogP contribution in [0.3, 0.4) is 0 Å². The quantitative estimate of drug-likeness (QED) is 0.744. The van der Waals surface area contributed by atoms with Crippen molar-refractivity contribution in [2.75, 3.05) is 5.32 Å². The van der Waals surface area contributed by atoms with E-state index in [9.17, 15) is 4.79 Å².